The third-order valence-corrected chi connectivity index (χ3v) is 15.5. The topological polar surface area (TPSA) is 0 Å². The van der Waals surface area contributed by atoms with Gasteiger partial charge in [0.15, 0.2) is 0 Å². The van der Waals surface area contributed by atoms with E-state index in [1.54, 1.807) is 16.7 Å². The molecule has 0 saturated heterocycles. The lowest BCUT2D eigenvalue weighted by Crippen LogP contribution is -2.25. The Hall–Kier alpha value is -6.24. The Morgan fingerprint density at radius 1 is 0.699 bits per heavy atom. The van der Waals surface area contributed by atoms with Crippen molar-refractivity contribution in [3.8, 4) is 11.1 Å². The number of allylic oxidation sites excluding steroid dienone is 13. The lowest BCUT2D eigenvalue weighted by atomic mass is 9.70. The van der Waals surface area contributed by atoms with Crippen molar-refractivity contribution in [1.29, 1.82) is 0 Å². The van der Waals surface area contributed by atoms with Gasteiger partial charge in [-0.05, 0) is 205 Å². The van der Waals surface area contributed by atoms with E-state index in [0.29, 0.717) is 5.92 Å². The number of hydrogen-bond acceptors (Lipinski definition) is 0. The van der Waals surface area contributed by atoms with Gasteiger partial charge >= 0.3 is 0 Å². The van der Waals surface area contributed by atoms with Gasteiger partial charge in [-0.1, -0.05) is 238 Å². The molecular weight excluding hydrogens is 877 g/mol. The summed E-state index contributed by atoms with van der Waals surface area (Å²) in [6, 6.07) is 32.9. The van der Waals surface area contributed by atoms with Crippen molar-refractivity contribution in [2.24, 2.45) is 5.92 Å². The first-order chi connectivity index (χ1) is 35.3. The molecule has 1 fully saturated rings. The Labute approximate surface area is 445 Å². The molecule has 1 atom stereocenters. The van der Waals surface area contributed by atoms with Crippen LogP contribution in [-0.4, -0.2) is 0 Å². The van der Waals surface area contributed by atoms with E-state index >= 15 is 0 Å². The third kappa shape index (κ3) is 13.3. The Kier molecular flexibility index (Phi) is 21.9. The summed E-state index contributed by atoms with van der Waals surface area (Å²) in [5.74, 6) is 1.42. The van der Waals surface area contributed by atoms with Crippen LogP contribution >= 0.6 is 0 Å². The fraction of sp³-hybridized carbons (Fsp3) is 0.342. The first-order valence-electron chi connectivity index (χ1n) is 27.7. The van der Waals surface area contributed by atoms with Gasteiger partial charge in [-0.2, -0.15) is 0 Å². The second-order valence-electron chi connectivity index (χ2n) is 20.7. The maximum absolute atomic E-state index is 4.18. The predicted octanol–water partition coefficient (Wildman–Crippen LogP) is 22.2. The summed E-state index contributed by atoms with van der Waals surface area (Å²) in [6.45, 7) is 44.7. The van der Waals surface area contributed by atoms with Crippen LogP contribution in [0.3, 0.4) is 0 Å². The Morgan fingerprint density at radius 2 is 1.37 bits per heavy atom. The molecule has 5 aromatic carbocycles. The summed E-state index contributed by atoms with van der Waals surface area (Å²) in [5.41, 5.74) is 25.1. The van der Waals surface area contributed by atoms with E-state index in [0.717, 1.165) is 18.8 Å². The van der Waals surface area contributed by atoms with Crippen LogP contribution in [0.2, 0.25) is 0 Å². The molecule has 0 heterocycles. The van der Waals surface area contributed by atoms with Gasteiger partial charge in [-0.25, -0.2) is 0 Å². The molecule has 3 aliphatic rings. The van der Waals surface area contributed by atoms with Crippen molar-refractivity contribution in [3.63, 3.8) is 0 Å². The molecule has 0 aliphatic heterocycles. The smallest absolute Gasteiger partial charge is 0.0215 e. The Morgan fingerprint density at radius 3 is 1.92 bits per heavy atom. The maximum Gasteiger partial charge on any atom is 0.0215 e. The highest BCUT2D eigenvalue weighted by Crippen LogP contribution is 2.56. The van der Waals surface area contributed by atoms with Crippen molar-refractivity contribution in [1.82, 2.24) is 0 Å². The van der Waals surface area contributed by atoms with Gasteiger partial charge in [0.2, 0.25) is 0 Å². The zero-order valence-corrected chi connectivity index (χ0v) is 47.2. The molecule has 3 aliphatic carbocycles. The molecule has 1 unspecified atom stereocenters. The van der Waals surface area contributed by atoms with Crippen LogP contribution < -0.4 is 0 Å². The van der Waals surface area contributed by atoms with Crippen LogP contribution in [0.25, 0.3) is 39.6 Å². The molecule has 0 spiro atoms. The van der Waals surface area contributed by atoms with Gasteiger partial charge in [0.05, 0.1) is 0 Å². The minimum atomic E-state index is 0.125. The van der Waals surface area contributed by atoms with Gasteiger partial charge < -0.3 is 0 Å². The normalized spacial score (nSPS) is 15.4. The quantitative estimate of drug-likeness (QED) is 0.0815. The first kappa shape index (κ1) is 57.7. The summed E-state index contributed by atoms with van der Waals surface area (Å²) in [5, 5.41) is 2.56. The molecule has 1 saturated carbocycles. The van der Waals surface area contributed by atoms with E-state index in [1.165, 1.54) is 152 Å². The van der Waals surface area contributed by atoms with Crippen LogP contribution in [0.15, 0.2) is 194 Å². The van der Waals surface area contributed by atoms with Crippen molar-refractivity contribution < 1.29 is 0 Å². The van der Waals surface area contributed by atoms with Gasteiger partial charge in [-0.15, -0.1) is 0 Å². The third-order valence-electron chi connectivity index (χ3n) is 15.5. The minimum Gasteiger partial charge on any atom is -0.0988 e. The van der Waals surface area contributed by atoms with E-state index in [4.69, 9.17) is 0 Å². The van der Waals surface area contributed by atoms with Gasteiger partial charge in [0, 0.05) is 5.41 Å². The maximum atomic E-state index is 4.18. The van der Waals surface area contributed by atoms with Crippen molar-refractivity contribution in [2.45, 2.75) is 158 Å². The summed E-state index contributed by atoms with van der Waals surface area (Å²) < 4.78 is 0. The monoisotopic (exact) mass is 967 g/mol. The number of hydrogen-bond donors (Lipinski definition) is 0. The van der Waals surface area contributed by atoms with E-state index in [2.05, 4.69) is 200 Å². The Balaban J connectivity index is 0.000000194. The van der Waals surface area contributed by atoms with E-state index in [-0.39, 0.29) is 5.41 Å². The lowest BCUT2D eigenvalue weighted by Gasteiger charge is -2.33. The van der Waals surface area contributed by atoms with Crippen LogP contribution in [0, 0.1) is 26.7 Å². The number of rotatable bonds is 17. The summed E-state index contributed by atoms with van der Waals surface area (Å²) in [6.07, 6.45) is 30.0. The van der Waals surface area contributed by atoms with E-state index in [1.807, 2.05) is 48.6 Å². The van der Waals surface area contributed by atoms with Crippen LogP contribution in [0.5, 0.6) is 0 Å². The summed E-state index contributed by atoms with van der Waals surface area (Å²) in [7, 11) is 0. The molecule has 0 aromatic heterocycles. The Bertz CT molecular complexity index is 2900. The van der Waals surface area contributed by atoms with Gasteiger partial charge in [0.25, 0.3) is 0 Å². The van der Waals surface area contributed by atoms with Crippen molar-refractivity contribution in [3.05, 3.63) is 244 Å². The zero-order chi connectivity index (χ0) is 53.2. The lowest BCUT2D eigenvalue weighted by molar-refractivity contribution is 0.435. The molecule has 0 amide bonds. The molecular formula is C73H90. The van der Waals surface area contributed by atoms with E-state index in [9.17, 15) is 0 Å². The largest absolute Gasteiger partial charge is 0.0988 e. The van der Waals surface area contributed by atoms with Crippen LogP contribution in [-0.2, 0) is 5.41 Å². The SMILES string of the molecule is C=C/C(C)=C(\C=C/C)C1=C(C2CC2)C(C)=CCC1.C=C/C(CCC)=C(\C=C)c1c(C)ccc2ccccc12.C=Cc1c(C)cc2c(c1C=C)-c1ccc(C(C)CC)cc1C2(CCC)CCC.Cc1ccccc1. The molecule has 0 N–H and O–H groups in total. The average Bonchev–Trinajstić information content (AvgIpc) is 4.22. The van der Waals surface area contributed by atoms with Gasteiger partial charge in [0.1, 0.15) is 0 Å². The average molecular weight is 968 g/mol. The number of aryl methyl sites for hydroxylation is 3. The van der Waals surface area contributed by atoms with E-state index < -0.39 is 0 Å². The first-order valence-corrected chi connectivity index (χ1v) is 27.7. The van der Waals surface area contributed by atoms with Gasteiger partial charge in [-0.3, -0.25) is 0 Å². The summed E-state index contributed by atoms with van der Waals surface area (Å²) in [4.78, 5) is 0. The highest BCUT2D eigenvalue weighted by atomic mass is 14.5. The second kappa shape index (κ2) is 27.7. The summed E-state index contributed by atoms with van der Waals surface area (Å²) >= 11 is 0. The standard InChI is InChI=1S/C28H36.C20H22.C18H24.C7H8/c1-8-15-28(16-9-2)25-18-21(19(6)10-3)13-14-24(25)27-23(12-5)22(11-4)20(7)17-26(27)28;1-5-10-16(6-2)18(7-3)20-15(4)13-14-17-11-8-9-12-19(17)20;1-5-8-16(13(3)6-2)17-10-7-9-14(4)18(17)15-11-12-15;1-7-5-3-2-4-6-7/h11-14,17-19H,4-5,8-10,15-16H2,1-3,6-7H3;6-9,11-14H,2-3,5,10H2,1,4H3;5-6,8-9,15H,2,7,10-12H2,1,3-4H3;2-6H,1H3/b;18-16-;8-5-,16-13+;. The molecule has 0 radical (unpaired) electrons. The van der Waals surface area contributed by atoms with Crippen LogP contribution in [0.4, 0.5) is 0 Å². The fourth-order valence-corrected chi connectivity index (χ4v) is 11.6. The van der Waals surface area contributed by atoms with Crippen molar-refractivity contribution in [2.75, 3.05) is 0 Å². The predicted molar refractivity (Wildman–Crippen MR) is 329 cm³/mol. The molecule has 0 nitrogen and oxygen atoms in total. The second-order valence-corrected chi connectivity index (χ2v) is 20.7. The molecule has 8 rings (SSSR count). The molecule has 5 aromatic rings. The number of fused-ring (bicyclic) bond motifs is 4. The molecule has 0 bridgehead atoms. The van der Waals surface area contributed by atoms with Crippen LogP contribution in [0.1, 0.15) is 182 Å². The molecule has 382 valence electrons. The van der Waals surface area contributed by atoms with Crippen molar-refractivity contribution >= 4 is 28.5 Å². The molecule has 0 heteroatoms. The minimum absolute atomic E-state index is 0.125. The number of benzene rings is 5. The zero-order valence-electron chi connectivity index (χ0n) is 47.2. The highest BCUT2D eigenvalue weighted by molar-refractivity contribution is 5.98. The highest BCUT2D eigenvalue weighted by Gasteiger charge is 2.43. The fourth-order valence-electron chi connectivity index (χ4n) is 11.6. The molecule has 73 heavy (non-hydrogen) atoms.